The number of hydrogen-bond acceptors (Lipinski definition) is 4. The predicted octanol–water partition coefficient (Wildman–Crippen LogP) is 3.03. The molecule has 1 aromatic rings. The largest absolute Gasteiger partial charge is 0.375 e. The minimum Gasteiger partial charge on any atom is -0.375 e. The summed E-state index contributed by atoms with van der Waals surface area (Å²) < 4.78 is 11.8. The first-order chi connectivity index (χ1) is 13.8. The van der Waals surface area contributed by atoms with Gasteiger partial charge in [-0.15, -0.1) is 24.0 Å². The van der Waals surface area contributed by atoms with Crippen molar-refractivity contribution in [3.05, 3.63) is 42.0 Å². The lowest BCUT2D eigenvalue weighted by atomic mass is 10.1. The maximum atomic E-state index is 6.00. The molecule has 0 spiro atoms. The Morgan fingerprint density at radius 2 is 2.00 bits per heavy atom. The minimum atomic E-state index is 0. The number of halogens is 1. The SMILES string of the molecule is CCNC(=NCc1cccc(N2CC=CC2)c1)N1CCOC(C2CCCO2)C1.I. The lowest BCUT2D eigenvalue weighted by molar-refractivity contribution is -0.0817. The molecule has 3 aliphatic rings. The molecule has 160 valence electrons. The van der Waals surface area contributed by atoms with Crippen molar-refractivity contribution in [1.82, 2.24) is 10.2 Å². The number of nitrogens with one attached hydrogen (secondary N) is 1. The molecule has 2 fully saturated rings. The molecule has 6 nitrogen and oxygen atoms in total. The zero-order chi connectivity index (χ0) is 19.2. The topological polar surface area (TPSA) is 49.3 Å². The number of nitrogens with zero attached hydrogens (tertiary/aromatic N) is 3. The van der Waals surface area contributed by atoms with Crippen LogP contribution in [0.25, 0.3) is 0 Å². The number of rotatable bonds is 5. The zero-order valence-corrected chi connectivity index (χ0v) is 19.6. The summed E-state index contributed by atoms with van der Waals surface area (Å²) in [7, 11) is 0. The highest BCUT2D eigenvalue weighted by molar-refractivity contribution is 14.0. The van der Waals surface area contributed by atoms with E-state index in [1.807, 2.05) is 0 Å². The Balaban J connectivity index is 0.00000240. The van der Waals surface area contributed by atoms with E-state index in [0.717, 1.165) is 64.7 Å². The van der Waals surface area contributed by atoms with Gasteiger partial charge in [-0.05, 0) is 37.5 Å². The molecule has 2 saturated heterocycles. The quantitative estimate of drug-likeness (QED) is 0.285. The first-order valence-corrected chi connectivity index (χ1v) is 10.6. The van der Waals surface area contributed by atoms with Gasteiger partial charge >= 0.3 is 0 Å². The average molecular weight is 512 g/mol. The third-order valence-electron chi connectivity index (χ3n) is 5.61. The van der Waals surface area contributed by atoms with Crippen LogP contribution in [0, 0.1) is 0 Å². The summed E-state index contributed by atoms with van der Waals surface area (Å²) in [6.07, 6.45) is 7.06. The monoisotopic (exact) mass is 512 g/mol. The maximum absolute atomic E-state index is 6.00. The molecule has 0 amide bonds. The standard InChI is InChI=1S/C22H32N4O2.HI/c1-2-23-22(26-12-14-28-21(17-26)20-9-6-13-27-20)24-16-18-7-5-8-19(15-18)25-10-3-4-11-25;/h3-5,7-8,15,20-21H,2,6,9-14,16-17H2,1H3,(H,23,24);1H. The van der Waals surface area contributed by atoms with Crippen LogP contribution in [0.2, 0.25) is 0 Å². The Kier molecular flexibility index (Phi) is 8.62. The van der Waals surface area contributed by atoms with Crippen molar-refractivity contribution in [1.29, 1.82) is 0 Å². The first-order valence-electron chi connectivity index (χ1n) is 10.6. The minimum absolute atomic E-state index is 0. The number of ether oxygens (including phenoxy) is 2. The Bertz CT molecular complexity index is 698. The molecular weight excluding hydrogens is 479 g/mol. The van der Waals surface area contributed by atoms with Crippen molar-refractivity contribution < 1.29 is 9.47 Å². The van der Waals surface area contributed by atoms with Crippen molar-refractivity contribution in [3.63, 3.8) is 0 Å². The van der Waals surface area contributed by atoms with Gasteiger partial charge in [0, 0.05) is 45.0 Å². The molecule has 0 aromatic heterocycles. The molecule has 0 aliphatic carbocycles. The molecule has 0 bridgehead atoms. The molecule has 0 saturated carbocycles. The van der Waals surface area contributed by atoms with Gasteiger partial charge in [0.05, 0.1) is 19.3 Å². The van der Waals surface area contributed by atoms with Crippen LogP contribution >= 0.6 is 24.0 Å². The van der Waals surface area contributed by atoms with Gasteiger partial charge in [-0.2, -0.15) is 0 Å². The lowest BCUT2D eigenvalue weighted by Crippen LogP contribution is -2.53. The number of aliphatic imine (C=N–C) groups is 1. The van der Waals surface area contributed by atoms with E-state index in [-0.39, 0.29) is 36.2 Å². The Labute approximate surface area is 191 Å². The van der Waals surface area contributed by atoms with Crippen LogP contribution in [0.3, 0.4) is 0 Å². The fourth-order valence-corrected chi connectivity index (χ4v) is 4.12. The van der Waals surface area contributed by atoms with Crippen LogP contribution < -0.4 is 10.2 Å². The van der Waals surface area contributed by atoms with Crippen LogP contribution in [0.4, 0.5) is 5.69 Å². The van der Waals surface area contributed by atoms with E-state index in [1.165, 1.54) is 11.3 Å². The van der Waals surface area contributed by atoms with E-state index in [0.29, 0.717) is 6.54 Å². The smallest absolute Gasteiger partial charge is 0.194 e. The molecule has 29 heavy (non-hydrogen) atoms. The summed E-state index contributed by atoms with van der Waals surface area (Å²) in [6, 6.07) is 8.73. The normalized spacial score (nSPS) is 24.7. The summed E-state index contributed by atoms with van der Waals surface area (Å²) >= 11 is 0. The summed E-state index contributed by atoms with van der Waals surface area (Å²) in [5, 5.41) is 3.46. The van der Waals surface area contributed by atoms with Gasteiger partial charge in [0.2, 0.25) is 0 Å². The van der Waals surface area contributed by atoms with Crippen LogP contribution in [-0.4, -0.2) is 69.0 Å². The van der Waals surface area contributed by atoms with Crippen molar-refractivity contribution in [2.75, 3.05) is 50.8 Å². The van der Waals surface area contributed by atoms with Crippen LogP contribution in [0.5, 0.6) is 0 Å². The fraction of sp³-hybridized carbons (Fsp3) is 0.591. The van der Waals surface area contributed by atoms with Gasteiger partial charge in [-0.1, -0.05) is 24.3 Å². The molecule has 0 radical (unpaired) electrons. The highest BCUT2D eigenvalue weighted by Gasteiger charge is 2.32. The Morgan fingerprint density at radius 3 is 2.76 bits per heavy atom. The second kappa shape index (κ2) is 11.2. The van der Waals surface area contributed by atoms with Gasteiger partial charge in [0.15, 0.2) is 5.96 Å². The molecule has 1 N–H and O–H groups in total. The van der Waals surface area contributed by atoms with Gasteiger partial charge in [0.25, 0.3) is 0 Å². The first kappa shape index (κ1) is 22.4. The van der Waals surface area contributed by atoms with E-state index < -0.39 is 0 Å². The number of guanidine groups is 1. The number of hydrogen-bond donors (Lipinski definition) is 1. The third kappa shape index (κ3) is 5.86. The second-order valence-corrected chi connectivity index (χ2v) is 7.62. The Morgan fingerprint density at radius 1 is 1.17 bits per heavy atom. The molecule has 3 aliphatic heterocycles. The second-order valence-electron chi connectivity index (χ2n) is 7.62. The molecule has 2 atom stereocenters. The fourth-order valence-electron chi connectivity index (χ4n) is 4.12. The summed E-state index contributed by atoms with van der Waals surface area (Å²) in [6.45, 7) is 8.95. The van der Waals surface area contributed by atoms with Gasteiger partial charge in [-0.3, -0.25) is 0 Å². The van der Waals surface area contributed by atoms with E-state index in [1.54, 1.807) is 0 Å². The highest BCUT2D eigenvalue weighted by atomic mass is 127. The third-order valence-corrected chi connectivity index (χ3v) is 5.61. The van der Waals surface area contributed by atoms with Crippen LogP contribution in [-0.2, 0) is 16.0 Å². The maximum Gasteiger partial charge on any atom is 0.194 e. The summed E-state index contributed by atoms with van der Waals surface area (Å²) in [5.41, 5.74) is 2.51. The van der Waals surface area contributed by atoms with E-state index in [9.17, 15) is 0 Å². The predicted molar refractivity (Wildman–Crippen MR) is 128 cm³/mol. The number of anilines is 1. The van der Waals surface area contributed by atoms with Crippen LogP contribution in [0.1, 0.15) is 25.3 Å². The highest BCUT2D eigenvalue weighted by Crippen LogP contribution is 2.22. The van der Waals surface area contributed by atoms with Crippen molar-refractivity contribution in [2.45, 2.75) is 38.5 Å². The number of morpholine rings is 1. The summed E-state index contributed by atoms with van der Waals surface area (Å²) in [4.78, 5) is 9.63. The van der Waals surface area contributed by atoms with E-state index >= 15 is 0 Å². The number of benzene rings is 1. The van der Waals surface area contributed by atoms with E-state index in [2.05, 4.69) is 58.5 Å². The molecule has 4 rings (SSSR count). The molecule has 7 heteroatoms. The molecule has 3 heterocycles. The van der Waals surface area contributed by atoms with Crippen molar-refractivity contribution in [3.8, 4) is 0 Å². The Hall–Kier alpha value is -1.32. The van der Waals surface area contributed by atoms with Crippen molar-refractivity contribution in [2.24, 2.45) is 4.99 Å². The van der Waals surface area contributed by atoms with Gasteiger partial charge < -0.3 is 24.6 Å². The van der Waals surface area contributed by atoms with E-state index in [4.69, 9.17) is 14.5 Å². The van der Waals surface area contributed by atoms with Crippen LogP contribution in [0.15, 0.2) is 41.4 Å². The van der Waals surface area contributed by atoms with Gasteiger partial charge in [-0.25, -0.2) is 4.99 Å². The molecule has 2 unspecified atom stereocenters. The van der Waals surface area contributed by atoms with Crippen molar-refractivity contribution >= 4 is 35.6 Å². The van der Waals surface area contributed by atoms with Gasteiger partial charge in [0.1, 0.15) is 6.10 Å². The average Bonchev–Trinajstić information content (AvgIpc) is 3.46. The zero-order valence-electron chi connectivity index (χ0n) is 17.3. The molecule has 1 aromatic carbocycles. The summed E-state index contributed by atoms with van der Waals surface area (Å²) in [5.74, 6) is 0.974. The lowest BCUT2D eigenvalue weighted by Gasteiger charge is -2.37. The molecular formula is C22H33IN4O2.